The van der Waals surface area contributed by atoms with Crippen molar-refractivity contribution in [2.24, 2.45) is 22.7 Å². The average molecular weight is 1380 g/mol. The first kappa shape index (κ1) is 72.8. The number of ether oxygens (including phenoxy) is 7. The summed E-state index contributed by atoms with van der Waals surface area (Å²) in [7, 11) is 2.83. The highest BCUT2D eigenvalue weighted by Gasteiger charge is 2.78. The number of esters is 5. The smallest absolute Gasteiger partial charge is 0.408 e. The quantitative estimate of drug-likeness (QED) is 0.0130. The minimum Gasteiger partial charge on any atom is -0.455 e. The summed E-state index contributed by atoms with van der Waals surface area (Å²) in [5.41, 5.74) is -8.06. The summed E-state index contributed by atoms with van der Waals surface area (Å²) in [6, 6.07) is 13.5. The molecule has 3 aliphatic heterocycles. The molecule has 3 heterocycles. The predicted molar refractivity (Wildman–Crippen MR) is 352 cm³/mol. The zero-order valence-electron chi connectivity index (χ0n) is 55.7. The van der Waals surface area contributed by atoms with Crippen molar-refractivity contribution >= 4 is 92.8 Å². The average Bonchev–Trinajstić information content (AvgIpc) is 1.12. The molecule has 2 aromatic rings. The molecule has 1 unspecified atom stereocenters. The Kier molecular flexibility index (Phi) is 22.8. The van der Waals surface area contributed by atoms with Gasteiger partial charge < -0.3 is 64.6 Å². The predicted octanol–water partition coefficient (Wildman–Crippen LogP) is 7.93. The number of amides is 4. The Labute approximate surface area is 566 Å². The number of ketones is 2. The summed E-state index contributed by atoms with van der Waals surface area (Å²) in [6.45, 7) is 17.1. The number of nitrogens with one attached hydrogen (secondary N) is 4. The first-order chi connectivity index (χ1) is 44.8. The van der Waals surface area contributed by atoms with Gasteiger partial charge in [0.05, 0.1) is 66.6 Å². The maximum atomic E-state index is 16.1. The third-order valence-corrected chi connectivity index (χ3v) is 23.9. The number of allylic oxidation sites excluding steroid dienone is 1. The molecule has 26 heteroatoms. The van der Waals surface area contributed by atoms with Crippen molar-refractivity contribution < 1.29 is 91.3 Å². The first-order valence-electron chi connectivity index (χ1n) is 32.6. The number of carbonyl (C=O) groups is 10. The molecule has 6 N–H and O–H groups in total. The lowest BCUT2D eigenvalue weighted by Crippen LogP contribution is -2.82. The lowest BCUT2D eigenvalue weighted by Gasteiger charge is -2.67. The number of hydrogen-bond donors (Lipinski definition) is 6. The van der Waals surface area contributed by atoms with Crippen LogP contribution < -0.4 is 21.3 Å². The van der Waals surface area contributed by atoms with E-state index in [0.717, 1.165) is 25.5 Å². The number of Topliss-reactive ketones (excluding diaryl/α,β-unsaturated/α-hetero) is 2. The third-order valence-electron chi connectivity index (χ3n) is 19.3. The second-order valence-corrected chi connectivity index (χ2v) is 32.1. The van der Waals surface area contributed by atoms with Gasteiger partial charge in [-0.2, -0.15) is 11.8 Å². The summed E-state index contributed by atoms with van der Waals surface area (Å²) >= 11 is 1.83. The van der Waals surface area contributed by atoms with Crippen molar-refractivity contribution in [3.8, 4) is 0 Å². The summed E-state index contributed by atoms with van der Waals surface area (Å²) in [4.78, 5) is 140. The van der Waals surface area contributed by atoms with Crippen LogP contribution >= 0.6 is 33.3 Å². The number of aliphatic hydroxyl groups excluding tert-OH is 1. The summed E-state index contributed by atoms with van der Waals surface area (Å²) < 4.78 is 43.4. The normalized spacial score (nSPS) is 29.6. The number of rotatable bonds is 26. The second-order valence-electron chi connectivity index (χ2n) is 28.1. The molecule has 4 aliphatic carbocycles. The van der Waals surface area contributed by atoms with Crippen molar-refractivity contribution in [2.45, 2.75) is 234 Å². The van der Waals surface area contributed by atoms with Crippen molar-refractivity contribution in [2.75, 3.05) is 18.9 Å². The van der Waals surface area contributed by atoms with Crippen LogP contribution in [0, 0.1) is 22.7 Å². The van der Waals surface area contributed by atoms with Gasteiger partial charge in [-0.15, -0.1) is 0 Å². The highest BCUT2D eigenvalue weighted by molar-refractivity contribution is 8.77. The number of unbranched alkanes of at least 4 members (excludes halogenated alkanes) is 1. The van der Waals surface area contributed by atoms with Gasteiger partial charge in [-0.05, 0) is 115 Å². The van der Waals surface area contributed by atoms with E-state index in [9.17, 15) is 48.6 Å². The summed E-state index contributed by atoms with van der Waals surface area (Å²) in [5, 5.41) is 38.2. The second kappa shape index (κ2) is 29.7. The molecule has 15 atom stereocenters. The molecule has 2 aromatic carbocycles. The molecule has 0 aromatic heterocycles. The molecule has 7 aliphatic rings. The van der Waals surface area contributed by atoms with Crippen LogP contribution in [0.5, 0.6) is 0 Å². The van der Waals surface area contributed by atoms with E-state index in [-0.39, 0.29) is 77.8 Å². The van der Waals surface area contributed by atoms with E-state index in [4.69, 9.17) is 33.2 Å². The summed E-state index contributed by atoms with van der Waals surface area (Å²) in [5.74, 6) is -7.21. The molecule has 0 radical (unpaired) electrons. The van der Waals surface area contributed by atoms with E-state index in [1.165, 1.54) is 53.6 Å². The fraction of sp³-hybridized carbons (Fsp3) is 0.623. The van der Waals surface area contributed by atoms with Crippen LogP contribution in [0.15, 0.2) is 82.3 Å². The van der Waals surface area contributed by atoms with E-state index in [1.54, 1.807) is 90.9 Å². The maximum Gasteiger partial charge on any atom is 0.408 e. The number of aliphatic hydroxyl groups is 2. The van der Waals surface area contributed by atoms with Crippen LogP contribution in [0.2, 0.25) is 0 Å². The Morgan fingerprint density at radius 1 is 0.916 bits per heavy atom. The Bertz CT molecular complexity index is 3350. The monoisotopic (exact) mass is 1370 g/mol. The van der Waals surface area contributed by atoms with Gasteiger partial charge in [0.25, 0.3) is 0 Å². The van der Waals surface area contributed by atoms with Crippen molar-refractivity contribution in [1.29, 1.82) is 0 Å². The molecule has 4 amide bonds. The molecule has 0 spiro atoms. The van der Waals surface area contributed by atoms with Crippen LogP contribution in [0.3, 0.4) is 0 Å². The molecule has 9 rings (SSSR count). The minimum atomic E-state index is -2.50. The number of thioether (sulfide) groups is 1. The molecule has 95 heavy (non-hydrogen) atoms. The molecule has 518 valence electrons. The van der Waals surface area contributed by atoms with Gasteiger partial charge in [-0.3, -0.25) is 28.8 Å². The molecule has 3 saturated heterocycles. The number of urea groups is 1. The Morgan fingerprint density at radius 3 is 2.28 bits per heavy atom. The zero-order valence-corrected chi connectivity index (χ0v) is 58.2. The van der Waals surface area contributed by atoms with Gasteiger partial charge in [-0.1, -0.05) is 96.8 Å². The van der Waals surface area contributed by atoms with Crippen molar-refractivity contribution in [3.05, 3.63) is 88.5 Å². The van der Waals surface area contributed by atoms with Gasteiger partial charge in [0.15, 0.2) is 23.3 Å². The van der Waals surface area contributed by atoms with Crippen molar-refractivity contribution in [3.63, 3.8) is 0 Å². The van der Waals surface area contributed by atoms with Crippen LogP contribution in [-0.4, -0.2) is 171 Å². The van der Waals surface area contributed by atoms with E-state index in [1.807, 2.05) is 18.7 Å². The lowest BCUT2D eigenvalue weighted by molar-refractivity contribution is -0.346. The molecule has 3 saturated carbocycles. The molecular weight excluding hydrogens is 1280 g/mol. The van der Waals surface area contributed by atoms with E-state index in [0.29, 0.717) is 53.4 Å². The highest BCUT2D eigenvalue weighted by atomic mass is 33.1. The fourth-order valence-electron chi connectivity index (χ4n) is 14.1. The number of hydrogen-bond acceptors (Lipinski definition) is 22. The van der Waals surface area contributed by atoms with E-state index >= 15 is 9.59 Å². The van der Waals surface area contributed by atoms with Gasteiger partial charge >= 0.3 is 42.0 Å². The van der Waals surface area contributed by atoms with Crippen LogP contribution in [0.25, 0.3) is 0 Å². The Morgan fingerprint density at radius 2 is 1.62 bits per heavy atom. The molecular formula is C69H90N4O19S3. The van der Waals surface area contributed by atoms with Gasteiger partial charge in [0, 0.05) is 59.2 Å². The number of benzene rings is 2. The fourth-order valence-corrected chi connectivity index (χ4v) is 18.1. The largest absolute Gasteiger partial charge is 0.455 e. The zero-order chi connectivity index (χ0) is 69.1. The SMILES string of the molecule is CC(=O)O[C@@]12CO[C@@H]1C[C@H](O)[C@@]1(C)C(=O)[C@H](OC(=O)C3CC3)C3=C(C)[C@@H](OC(=O)[C@H](OC(=O)Cc4ccccc4SSC(C)CCC(=O)NCC(=O)CCCC[C@@H]4SC[C@@H]5NC(=O)N[C@@H]54)[C@H](C=C(C)C)NC(=O)OC(C)(C)C)C[C@@](O)([C@@H](OC(=O)c4ccccc4)[C@H]21)C3(C)C. The number of alkyl carbamates (subject to hydrolysis) is 1. The van der Waals surface area contributed by atoms with Crippen LogP contribution in [0.1, 0.15) is 156 Å². The van der Waals surface area contributed by atoms with Crippen LogP contribution in [0.4, 0.5) is 9.59 Å². The standard InChI is InChI=1S/C69H90N4O19S3/c1-36(2)29-44(72-64(84)92-65(6,7)8)55(88-52(78)30-42-21-15-17-23-47(42)95-94-37(3)25-28-51(77)70-33-43(75)22-16-18-24-48-54-45(34-93-48)71-63(83)73-54)62(82)87-46-32-69(85)59(90-61(81)40-19-13-12-14-20-40)57-67(11,49(76)31-50-68(57,35-86-50)91-39(5)74)58(79)56(89-60(80)41-26-27-41)53(38(46)4)66(69,9)10/h12-15,17,19-21,23,29,37,41,44-46,48-50,54-57,59,76,85H,16,18,22,24-28,30-35H2,1-11H3,(H,70,77)(H,72,84)(H2,71,73,83)/t37?,44-,45-,46-,48-,49-,50+,54-,55+,56+,57-,59-,67+,68-,69+/m0/s1. The van der Waals surface area contributed by atoms with Gasteiger partial charge in [0.2, 0.25) is 12.0 Å². The van der Waals surface area contributed by atoms with E-state index < -0.39 is 137 Å². The Hall–Kier alpha value is -6.45. The van der Waals surface area contributed by atoms with Gasteiger partial charge in [-0.25, -0.2) is 19.2 Å². The number of fused-ring (bicyclic) bond motifs is 6. The Balaban J connectivity index is 0.966. The summed E-state index contributed by atoms with van der Waals surface area (Å²) in [6.07, 6.45) is -6.58. The molecule has 2 bridgehead atoms. The van der Waals surface area contributed by atoms with Crippen molar-refractivity contribution in [1.82, 2.24) is 21.3 Å². The topological polar surface area (TPSA) is 324 Å². The molecule has 6 fully saturated rings. The van der Waals surface area contributed by atoms with E-state index in [2.05, 4.69) is 21.3 Å². The minimum absolute atomic E-state index is 0.0300. The highest BCUT2D eigenvalue weighted by Crippen LogP contribution is 2.65. The van der Waals surface area contributed by atoms with Gasteiger partial charge in [0.1, 0.15) is 29.5 Å². The lowest BCUT2D eigenvalue weighted by atomic mass is 9.44. The first-order valence-corrected chi connectivity index (χ1v) is 35.9. The third kappa shape index (κ3) is 16.3. The maximum absolute atomic E-state index is 16.1. The number of carbonyl (C=O) groups excluding carboxylic acids is 10. The molecule has 23 nitrogen and oxygen atoms in total. The van der Waals surface area contributed by atoms with Crippen LogP contribution in [-0.2, 0) is 73.1 Å².